The Hall–Kier alpha value is -3.70. The molecule has 2 unspecified atom stereocenters. The molecule has 0 spiro atoms. The quantitative estimate of drug-likeness (QED) is 0.329. The number of amides is 3. The van der Waals surface area contributed by atoms with Crippen molar-refractivity contribution in [2.75, 3.05) is 6.54 Å². The summed E-state index contributed by atoms with van der Waals surface area (Å²) in [6.45, 7) is -0.592. The molecule has 212 valence electrons. The molecule has 3 fully saturated rings. The van der Waals surface area contributed by atoms with Crippen molar-refractivity contribution < 1.29 is 36.0 Å². The smallest absolute Gasteiger partial charge is 0.410 e. The molecule has 12 heteroatoms. The maximum atomic E-state index is 15.1. The Bertz CT molecular complexity index is 1410. The van der Waals surface area contributed by atoms with Crippen molar-refractivity contribution in [2.24, 2.45) is 17.8 Å². The summed E-state index contributed by atoms with van der Waals surface area (Å²) in [6, 6.07) is 8.04. The molecule has 1 saturated heterocycles. The van der Waals surface area contributed by atoms with Crippen molar-refractivity contribution in [1.82, 2.24) is 20.5 Å². The average molecular weight is 563 g/mol. The molecule has 3 aromatic rings. The predicted octanol–water partition coefficient (Wildman–Crippen LogP) is 5.67. The number of benzene rings is 2. The summed E-state index contributed by atoms with van der Waals surface area (Å²) in [6.07, 6.45) is -0.812. The van der Waals surface area contributed by atoms with E-state index in [1.807, 2.05) is 5.32 Å². The van der Waals surface area contributed by atoms with E-state index in [0.717, 1.165) is 30.6 Å². The number of rotatable bonds is 9. The molecule has 2 atom stereocenters. The summed E-state index contributed by atoms with van der Waals surface area (Å²) in [4.78, 5) is 30.7. The van der Waals surface area contributed by atoms with E-state index in [1.54, 1.807) is 24.3 Å². The van der Waals surface area contributed by atoms with Crippen LogP contribution < -0.4 is 10.6 Å². The van der Waals surface area contributed by atoms with Crippen LogP contribution in [-0.4, -0.2) is 40.6 Å². The van der Waals surface area contributed by atoms with Crippen LogP contribution in [0.5, 0.6) is 0 Å². The Morgan fingerprint density at radius 3 is 2.33 bits per heavy atom. The van der Waals surface area contributed by atoms with Crippen LogP contribution in [0.25, 0.3) is 11.1 Å². The van der Waals surface area contributed by atoms with E-state index in [4.69, 9.17) is 4.42 Å². The van der Waals surface area contributed by atoms with E-state index in [-0.39, 0.29) is 30.2 Å². The monoisotopic (exact) mass is 562 g/mol. The third-order valence-corrected chi connectivity index (χ3v) is 7.92. The van der Waals surface area contributed by atoms with Gasteiger partial charge in [0.2, 0.25) is 5.89 Å². The first-order valence-electron chi connectivity index (χ1n) is 13.3. The number of aromatic nitrogens is 1. The van der Waals surface area contributed by atoms with E-state index in [1.165, 1.54) is 24.3 Å². The highest BCUT2D eigenvalue weighted by molar-refractivity contribution is 5.85. The molecule has 1 aliphatic heterocycles. The van der Waals surface area contributed by atoms with Gasteiger partial charge >= 0.3 is 18.1 Å². The van der Waals surface area contributed by atoms with Gasteiger partial charge in [-0.2, -0.15) is 22.0 Å². The zero-order valence-corrected chi connectivity index (χ0v) is 21.3. The number of nitrogens with zero attached hydrogens (tertiary/aromatic N) is 2. The van der Waals surface area contributed by atoms with Gasteiger partial charge in [-0.25, -0.2) is 9.78 Å². The fraction of sp³-hybridized carbons (Fsp3) is 0.464. The minimum atomic E-state index is -4.55. The topological polar surface area (TPSA) is 87.5 Å². The first kappa shape index (κ1) is 26.5. The molecule has 0 radical (unpaired) electrons. The van der Waals surface area contributed by atoms with E-state index in [2.05, 4.69) is 10.3 Å². The van der Waals surface area contributed by atoms with Gasteiger partial charge in [0.05, 0.1) is 6.54 Å². The minimum Gasteiger partial charge on any atom is -0.438 e. The molecule has 2 saturated carbocycles. The van der Waals surface area contributed by atoms with Crippen LogP contribution in [0.15, 0.2) is 52.9 Å². The summed E-state index contributed by atoms with van der Waals surface area (Å²) < 4.78 is 75.4. The number of fused-ring (bicyclic) bond motifs is 1. The first-order chi connectivity index (χ1) is 19.0. The van der Waals surface area contributed by atoms with Gasteiger partial charge in [-0.15, -0.1) is 0 Å². The SMILES string of the molecule is O=C1NC(C(F)(F)F)CN1Cc1ccc2oc(C(NC(=O)C(F)(F)c3ccccc3)C(C3CC3)C3CC3)nc2c1. The lowest BCUT2D eigenvalue weighted by Crippen LogP contribution is -2.43. The van der Waals surface area contributed by atoms with Crippen LogP contribution in [0.3, 0.4) is 0 Å². The fourth-order valence-electron chi connectivity index (χ4n) is 5.58. The van der Waals surface area contributed by atoms with Gasteiger partial charge < -0.3 is 20.0 Å². The molecule has 2 N–H and O–H groups in total. The summed E-state index contributed by atoms with van der Waals surface area (Å²) in [5.74, 6) is -4.65. The molecule has 2 aromatic carbocycles. The lowest BCUT2D eigenvalue weighted by molar-refractivity contribution is -0.150. The molecule has 3 aliphatic rings. The third-order valence-electron chi connectivity index (χ3n) is 7.92. The van der Waals surface area contributed by atoms with Crippen LogP contribution in [0, 0.1) is 17.8 Å². The number of urea groups is 1. The summed E-state index contributed by atoms with van der Waals surface area (Å²) >= 11 is 0. The number of alkyl halides is 5. The van der Waals surface area contributed by atoms with Crippen molar-refractivity contribution in [3.8, 4) is 0 Å². The lowest BCUT2D eigenvalue weighted by Gasteiger charge is -2.27. The largest absolute Gasteiger partial charge is 0.438 e. The predicted molar refractivity (Wildman–Crippen MR) is 133 cm³/mol. The molecule has 2 aliphatic carbocycles. The van der Waals surface area contributed by atoms with E-state index < -0.39 is 48.2 Å². The van der Waals surface area contributed by atoms with Gasteiger partial charge in [-0.05, 0) is 61.1 Å². The Morgan fingerprint density at radius 2 is 1.73 bits per heavy atom. The van der Waals surface area contributed by atoms with Gasteiger partial charge in [-0.3, -0.25) is 4.79 Å². The Balaban J connectivity index is 1.26. The lowest BCUT2D eigenvalue weighted by atomic mass is 9.89. The maximum Gasteiger partial charge on any atom is 0.410 e. The van der Waals surface area contributed by atoms with Crippen LogP contribution in [0.4, 0.5) is 26.7 Å². The number of nitrogens with one attached hydrogen (secondary N) is 2. The molecule has 40 heavy (non-hydrogen) atoms. The number of halogens is 5. The van der Waals surface area contributed by atoms with Crippen LogP contribution in [0.1, 0.15) is 48.7 Å². The Morgan fingerprint density at radius 1 is 1.05 bits per heavy atom. The summed E-state index contributed by atoms with van der Waals surface area (Å²) in [7, 11) is 0. The maximum absolute atomic E-state index is 15.1. The highest BCUT2D eigenvalue weighted by atomic mass is 19.4. The van der Waals surface area contributed by atoms with Gasteiger partial charge in [-0.1, -0.05) is 36.4 Å². The number of oxazole rings is 1. The van der Waals surface area contributed by atoms with Crippen LogP contribution in [-0.2, 0) is 17.3 Å². The molecule has 0 bridgehead atoms. The highest BCUT2D eigenvalue weighted by Gasteiger charge is 2.51. The normalized spacial score (nSPS) is 20.7. The van der Waals surface area contributed by atoms with Crippen LogP contribution in [0.2, 0.25) is 0 Å². The molecule has 6 rings (SSSR count). The molecule has 3 amide bonds. The van der Waals surface area contributed by atoms with Gasteiger partial charge in [0, 0.05) is 12.1 Å². The van der Waals surface area contributed by atoms with Gasteiger partial charge in [0.25, 0.3) is 5.91 Å². The second kappa shape index (κ2) is 9.74. The second-order valence-corrected chi connectivity index (χ2v) is 10.9. The number of carbonyl (C=O) groups is 2. The molecule has 2 heterocycles. The van der Waals surface area contributed by atoms with Crippen LogP contribution >= 0.6 is 0 Å². The van der Waals surface area contributed by atoms with E-state index in [0.29, 0.717) is 16.7 Å². The minimum absolute atomic E-state index is 0.0766. The molecular formula is C28H27F5N4O3. The number of hydrogen-bond donors (Lipinski definition) is 2. The first-order valence-corrected chi connectivity index (χ1v) is 13.3. The zero-order chi connectivity index (χ0) is 28.2. The number of hydrogen-bond acceptors (Lipinski definition) is 4. The molecule has 1 aromatic heterocycles. The van der Waals surface area contributed by atoms with Crippen molar-refractivity contribution in [3.63, 3.8) is 0 Å². The Labute approximate surface area is 226 Å². The summed E-state index contributed by atoms with van der Waals surface area (Å²) in [5.41, 5.74) is 0.820. The molecule has 7 nitrogen and oxygen atoms in total. The standard InChI is InChI=1S/C28H27F5N4O3/c29-27(30,18-4-2-1-3-5-18)25(38)36-23(22(16-7-8-16)17-9-10-17)24-34-19-12-15(6-11-20(19)40-24)13-37-14-21(28(31,32)33)35-26(37)39/h1-6,11-12,16-17,21-23H,7-10,13-14H2,(H,35,39)(H,36,38). The highest BCUT2D eigenvalue weighted by Crippen LogP contribution is 2.54. The number of carbonyl (C=O) groups excluding carboxylic acids is 2. The van der Waals surface area contributed by atoms with Gasteiger partial charge in [0.15, 0.2) is 5.58 Å². The fourth-order valence-corrected chi connectivity index (χ4v) is 5.58. The van der Waals surface area contributed by atoms with E-state index in [9.17, 15) is 22.8 Å². The average Bonchev–Trinajstić information content (AvgIpc) is 3.85. The van der Waals surface area contributed by atoms with Gasteiger partial charge in [0.1, 0.15) is 17.6 Å². The Kier molecular flexibility index (Phi) is 6.46. The van der Waals surface area contributed by atoms with Crippen molar-refractivity contribution in [3.05, 3.63) is 65.5 Å². The third kappa shape index (κ3) is 5.23. The van der Waals surface area contributed by atoms with E-state index >= 15 is 8.78 Å². The second-order valence-electron chi connectivity index (χ2n) is 10.9. The van der Waals surface area contributed by atoms with Crippen molar-refractivity contribution in [1.29, 1.82) is 0 Å². The zero-order valence-electron chi connectivity index (χ0n) is 21.3. The molecular weight excluding hydrogens is 535 g/mol. The summed E-state index contributed by atoms with van der Waals surface area (Å²) in [5, 5.41) is 4.50. The van der Waals surface area contributed by atoms with Crippen molar-refractivity contribution >= 4 is 23.0 Å². The van der Waals surface area contributed by atoms with Crippen molar-refractivity contribution in [2.45, 2.75) is 56.4 Å².